The number of aromatic nitrogens is 6. The first kappa shape index (κ1) is 23.1. The van der Waals surface area contributed by atoms with Crippen molar-refractivity contribution in [1.82, 2.24) is 29.5 Å². The lowest BCUT2D eigenvalue weighted by molar-refractivity contribution is -0.147. The zero-order valence-electron chi connectivity index (χ0n) is 18.4. The Balaban J connectivity index is 1.62. The minimum Gasteiger partial charge on any atom is -0.483 e. The van der Waals surface area contributed by atoms with Crippen molar-refractivity contribution >= 4 is 17.0 Å². The number of anilines is 1. The zero-order chi connectivity index (χ0) is 25.6. The van der Waals surface area contributed by atoms with Gasteiger partial charge in [-0.05, 0) is 18.2 Å². The van der Waals surface area contributed by atoms with Crippen LogP contribution in [0.25, 0.3) is 22.3 Å². The van der Waals surface area contributed by atoms with Crippen LogP contribution in [-0.4, -0.2) is 48.7 Å². The molecule has 0 unspecified atom stereocenters. The molecular weight excluding hydrogens is 484 g/mol. The first-order valence-corrected chi connectivity index (χ1v) is 10.4. The molecule has 36 heavy (non-hydrogen) atoms. The number of fused-ring (bicyclic) bond motifs is 1. The smallest absolute Gasteiger partial charge is 0.449 e. The summed E-state index contributed by atoms with van der Waals surface area (Å²) < 4.78 is 61.7. The first-order valence-electron chi connectivity index (χ1n) is 10.4. The fourth-order valence-corrected chi connectivity index (χ4v) is 3.71. The van der Waals surface area contributed by atoms with Crippen LogP contribution in [0.5, 0.6) is 5.75 Å². The van der Waals surface area contributed by atoms with E-state index in [1.54, 1.807) is 11.0 Å². The van der Waals surface area contributed by atoms with Crippen molar-refractivity contribution in [2.24, 2.45) is 7.05 Å². The molecule has 3 aromatic heterocycles. The normalized spacial score (nSPS) is 13.9. The fourth-order valence-electron chi connectivity index (χ4n) is 3.71. The third-order valence-corrected chi connectivity index (χ3v) is 5.49. The van der Waals surface area contributed by atoms with Crippen molar-refractivity contribution in [3.63, 3.8) is 0 Å². The Kier molecular flexibility index (Phi) is 5.47. The van der Waals surface area contributed by atoms with Gasteiger partial charge < -0.3 is 9.64 Å². The molecule has 0 atom stereocenters. The number of alkyl halides is 3. The largest absolute Gasteiger partial charge is 0.483 e. The number of nitrogens with zero attached hydrogens (tertiary/aromatic N) is 8. The lowest BCUT2D eigenvalue weighted by Crippen LogP contribution is -2.54. The molecule has 182 valence electrons. The first-order chi connectivity index (χ1) is 17.2. The topological polar surface area (TPSA) is 123 Å². The SMILES string of the molecule is Cn1c(C(F)(F)F)nc2c(-c3ccc(C#N)cc3F)nc(N3CC(Oc4cncnc4)C3)nc2c1=O. The molecule has 1 aliphatic heterocycles. The van der Waals surface area contributed by atoms with Gasteiger partial charge >= 0.3 is 6.18 Å². The van der Waals surface area contributed by atoms with Gasteiger partial charge in [0.2, 0.25) is 11.8 Å². The van der Waals surface area contributed by atoms with E-state index in [0.717, 1.165) is 13.1 Å². The van der Waals surface area contributed by atoms with Crippen LogP contribution in [0.4, 0.5) is 23.5 Å². The Labute approximate surface area is 199 Å². The van der Waals surface area contributed by atoms with Crippen LogP contribution >= 0.6 is 0 Å². The van der Waals surface area contributed by atoms with E-state index < -0.39 is 34.4 Å². The predicted molar refractivity (Wildman–Crippen MR) is 116 cm³/mol. The molecule has 0 radical (unpaired) electrons. The highest BCUT2D eigenvalue weighted by Crippen LogP contribution is 2.33. The van der Waals surface area contributed by atoms with E-state index in [0.29, 0.717) is 10.3 Å². The average Bonchev–Trinajstić information content (AvgIpc) is 2.82. The standard InChI is InChI=1S/C22H14F4N8O2/c1-33-19(35)18-17(30-20(33)22(24,25)26)16(14-3-2-11(5-27)4-15(14)23)31-21(32-18)34-8-13(9-34)36-12-6-28-10-29-7-12/h2-4,6-7,10,13H,8-9H2,1H3. The monoisotopic (exact) mass is 498 g/mol. The quantitative estimate of drug-likeness (QED) is 0.391. The van der Waals surface area contributed by atoms with E-state index in [1.165, 1.54) is 30.9 Å². The highest BCUT2D eigenvalue weighted by atomic mass is 19.4. The number of hydrogen-bond acceptors (Lipinski definition) is 9. The molecule has 1 fully saturated rings. The van der Waals surface area contributed by atoms with Gasteiger partial charge in [-0.25, -0.2) is 29.3 Å². The molecule has 1 aliphatic rings. The summed E-state index contributed by atoms with van der Waals surface area (Å²) in [7, 11) is 0.927. The maximum atomic E-state index is 14.9. The van der Waals surface area contributed by atoms with Gasteiger partial charge in [-0.3, -0.25) is 9.36 Å². The second kappa shape index (κ2) is 8.52. The van der Waals surface area contributed by atoms with E-state index in [4.69, 9.17) is 10.00 Å². The summed E-state index contributed by atoms with van der Waals surface area (Å²) in [6.07, 6.45) is -0.919. The molecule has 1 aromatic carbocycles. The van der Waals surface area contributed by atoms with Gasteiger partial charge in [-0.1, -0.05) is 0 Å². The van der Waals surface area contributed by atoms with Crippen LogP contribution in [0.3, 0.4) is 0 Å². The summed E-state index contributed by atoms with van der Waals surface area (Å²) in [5.74, 6) is -1.96. The summed E-state index contributed by atoms with van der Waals surface area (Å²) in [6.45, 7) is 0.564. The molecule has 0 aliphatic carbocycles. The van der Waals surface area contributed by atoms with E-state index >= 15 is 0 Å². The van der Waals surface area contributed by atoms with E-state index in [1.807, 2.05) is 0 Å². The van der Waals surface area contributed by atoms with Gasteiger partial charge in [0.25, 0.3) is 5.56 Å². The fraction of sp³-hybridized carbons (Fsp3) is 0.227. The Bertz CT molecular complexity index is 1580. The molecule has 4 aromatic rings. The Morgan fingerprint density at radius 3 is 2.47 bits per heavy atom. The highest BCUT2D eigenvalue weighted by molar-refractivity contribution is 5.90. The predicted octanol–water partition coefficient (Wildman–Crippen LogP) is 2.48. The Morgan fingerprint density at radius 2 is 1.83 bits per heavy atom. The van der Waals surface area contributed by atoms with Crippen LogP contribution in [0.1, 0.15) is 11.4 Å². The molecule has 5 rings (SSSR count). The van der Waals surface area contributed by atoms with Crippen LogP contribution in [0, 0.1) is 17.1 Å². The van der Waals surface area contributed by atoms with Crippen molar-refractivity contribution in [1.29, 1.82) is 5.26 Å². The van der Waals surface area contributed by atoms with Crippen molar-refractivity contribution in [3.05, 3.63) is 64.5 Å². The van der Waals surface area contributed by atoms with Crippen molar-refractivity contribution in [3.8, 4) is 23.1 Å². The number of ether oxygens (including phenoxy) is 1. The second-order valence-corrected chi connectivity index (χ2v) is 7.89. The van der Waals surface area contributed by atoms with Gasteiger partial charge in [0.1, 0.15) is 29.5 Å². The summed E-state index contributed by atoms with van der Waals surface area (Å²) >= 11 is 0. The van der Waals surface area contributed by atoms with Crippen LogP contribution in [-0.2, 0) is 13.2 Å². The molecule has 0 spiro atoms. The maximum Gasteiger partial charge on any atom is 0.449 e. The molecule has 1 saturated heterocycles. The lowest BCUT2D eigenvalue weighted by Gasteiger charge is -2.38. The summed E-state index contributed by atoms with van der Waals surface area (Å²) in [6, 6.07) is 5.18. The summed E-state index contributed by atoms with van der Waals surface area (Å²) in [5, 5.41) is 9.03. The van der Waals surface area contributed by atoms with E-state index in [2.05, 4.69) is 24.9 Å². The van der Waals surface area contributed by atoms with Crippen LogP contribution in [0.15, 0.2) is 41.7 Å². The van der Waals surface area contributed by atoms with Gasteiger partial charge in [0.05, 0.1) is 37.1 Å². The molecule has 4 heterocycles. The summed E-state index contributed by atoms with van der Waals surface area (Å²) in [4.78, 5) is 34.3. The molecule has 14 heteroatoms. The lowest BCUT2D eigenvalue weighted by atomic mass is 10.1. The number of nitriles is 1. The second-order valence-electron chi connectivity index (χ2n) is 7.89. The molecule has 10 nitrogen and oxygen atoms in total. The Morgan fingerprint density at radius 1 is 1.11 bits per heavy atom. The summed E-state index contributed by atoms with van der Waals surface area (Å²) in [5.41, 5.74) is -2.52. The van der Waals surface area contributed by atoms with Gasteiger partial charge in [0, 0.05) is 12.6 Å². The average molecular weight is 498 g/mol. The van der Waals surface area contributed by atoms with Gasteiger partial charge in [-0.15, -0.1) is 0 Å². The van der Waals surface area contributed by atoms with Gasteiger partial charge in [0.15, 0.2) is 11.3 Å². The number of benzene rings is 1. The molecular formula is C22H14F4N8O2. The third kappa shape index (κ3) is 4.04. The van der Waals surface area contributed by atoms with E-state index in [-0.39, 0.29) is 42.0 Å². The minimum atomic E-state index is -4.95. The number of hydrogen-bond donors (Lipinski definition) is 0. The van der Waals surface area contributed by atoms with Crippen LogP contribution in [0.2, 0.25) is 0 Å². The van der Waals surface area contributed by atoms with Crippen LogP contribution < -0.4 is 15.2 Å². The zero-order valence-corrected chi connectivity index (χ0v) is 18.4. The van der Waals surface area contributed by atoms with Crippen molar-refractivity contribution < 1.29 is 22.3 Å². The van der Waals surface area contributed by atoms with Crippen molar-refractivity contribution in [2.75, 3.05) is 18.0 Å². The number of halogens is 4. The highest BCUT2D eigenvalue weighted by Gasteiger charge is 2.38. The molecule has 0 saturated carbocycles. The molecule has 0 N–H and O–H groups in total. The Hall–Kier alpha value is -4.67. The third-order valence-electron chi connectivity index (χ3n) is 5.49. The van der Waals surface area contributed by atoms with E-state index in [9.17, 15) is 22.4 Å². The maximum absolute atomic E-state index is 14.9. The molecule has 0 bridgehead atoms. The van der Waals surface area contributed by atoms with Gasteiger partial charge in [-0.2, -0.15) is 18.4 Å². The molecule has 0 amide bonds. The van der Waals surface area contributed by atoms with Crippen molar-refractivity contribution in [2.45, 2.75) is 12.3 Å². The number of rotatable bonds is 4. The minimum absolute atomic E-state index is 0.00214.